The molecule has 7 nitrogen and oxygen atoms in total. The number of amides is 1. The quantitative estimate of drug-likeness (QED) is 0.684. The molecule has 4 rings (SSSR count). The summed E-state index contributed by atoms with van der Waals surface area (Å²) < 4.78 is 2.75. The maximum atomic E-state index is 12.7. The zero-order valence-electron chi connectivity index (χ0n) is 13.4. The molecule has 25 heavy (non-hydrogen) atoms. The molecule has 0 spiro atoms. The second kappa shape index (κ2) is 6.64. The Bertz CT molecular complexity index is 915. The molecule has 2 heterocycles. The van der Waals surface area contributed by atoms with Crippen LogP contribution in [0.3, 0.4) is 0 Å². The first-order chi connectivity index (χ1) is 12.2. The van der Waals surface area contributed by atoms with Crippen LogP contribution in [-0.4, -0.2) is 31.1 Å². The summed E-state index contributed by atoms with van der Waals surface area (Å²) in [5.41, 5.74) is 2.11. The van der Waals surface area contributed by atoms with Crippen LogP contribution in [-0.2, 0) is 6.42 Å². The third-order valence-corrected chi connectivity index (χ3v) is 5.46. The number of anilines is 1. The highest BCUT2D eigenvalue weighted by molar-refractivity contribution is 9.10. The third-order valence-electron chi connectivity index (χ3n) is 3.95. The molecule has 0 bridgehead atoms. The first kappa shape index (κ1) is 16.3. The van der Waals surface area contributed by atoms with Gasteiger partial charge in [0, 0.05) is 10.4 Å². The second-order valence-corrected chi connectivity index (χ2v) is 7.77. The number of nitrogens with one attached hydrogen (secondary N) is 1. The van der Waals surface area contributed by atoms with Gasteiger partial charge in [-0.1, -0.05) is 39.4 Å². The summed E-state index contributed by atoms with van der Waals surface area (Å²) in [6.45, 7) is 2.00. The van der Waals surface area contributed by atoms with Crippen LogP contribution >= 0.6 is 27.3 Å². The number of hydrogen-bond donors (Lipinski definition) is 1. The van der Waals surface area contributed by atoms with Crippen LogP contribution in [0.15, 0.2) is 28.7 Å². The maximum absolute atomic E-state index is 12.7. The minimum absolute atomic E-state index is 0.288. The number of hydrogen-bond acceptors (Lipinski definition) is 6. The monoisotopic (exact) mass is 418 g/mol. The first-order valence-corrected chi connectivity index (χ1v) is 9.62. The number of nitrogens with zero attached hydrogens (tertiary/aromatic N) is 5. The Balaban J connectivity index is 1.65. The third kappa shape index (κ3) is 3.34. The van der Waals surface area contributed by atoms with E-state index in [-0.39, 0.29) is 5.91 Å². The molecule has 0 aliphatic heterocycles. The number of carbonyl (C=O) groups is 1. The van der Waals surface area contributed by atoms with Gasteiger partial charge < -0.3 is 0 Å². The van der Waals surface area contributed by atoms with Crippen LogP contribution in [0.1, 0.15) is 46.9 Å². The molecule has 1 aromatic carbocycles. The Morgan fingerprint density at radius 2 is 2.04 bits per heavy atom. The molecule has 128 valence electrons. The van der Waals surface area contributed by atoms with Crippen molar-refractivity contribution in [1.29, 1.82) is 0 Å². The van der Waals surface area contributed by atoms with Crippen LogP contribution in [0.25, 0.3) is 5.69 Å². The Morgan fingerprint density at radius 3 is 2.68 bits per heavy atom. The molecule has 0 unspecified atom stereocenters. The predicted octanol–water partition coefficient (Wildman–Crippen LogP) is 3.57. The van der Waals surface area contributed by atoms with E-state index in [4.69, 9.17) is 0 Å². The lowest BCUT2D eigenvalue weighted by Gasteiger charge is -2.07. The molecular formula is C16H15BrN6OS. The lowest BCUT2D eigenvalue weighted by molar-refractivity contribution is 0.102. The zero-order chi connectivity index (χ0) is 17.4. The molecule has 9 heteroatoms. The number of aryl methyl sites for hydroxylation is 1. The van der Waals surface area contributed by atoms with E-state index < -0.39 is 0 Å². The smallest absolute Gasteiger partial charge is 0.279 e. The van der Waals surface area contributed by atoms with Gasteiger partial charge in [0.2, 0.25) is 5.13 Å². The summed E-state index contributed by atoms with van der Waals surface area (Å²) in [5, 5.41) is 20.5. The number of rotatable bonds is 5. The largest absolute Gasteiger partial charge is 0.295 e. The Hall–Kier alpha value is -2.13. The molecule has 1 aliphatic rings. The van der Waals surface area contributed by atoms with Gasteiger partial charge in [-0.25, -0.2) is 4.68 Å². The molecule has 1 aliphatic carbocycles. The van der Waals surface area contributed by atoms with Crippen molar-refractivity contribution in [3.8, 4) is 5.69 Å². The van der Waals surface area contributed by atoms with Crippen LogP contribution < -0.4 is 5.32 Å². The van der Waals surface area contributed by atoms with Crippen molar-refractivity contribution >= 4 is 38.3 Å². The summed E-state index contributed by atoms with van der Waals surface area (Å²) in [5.74, 6) is 0.0316. The van der Waals surface area contributed by atoms with Crippen molar-refractivity contribution in [3.63, 3.8) is 0 Å². The number of halogens is 1. The van der Waals surface area contributed by atoms with E-state index in [0.29, 0.717) is 16.7 Å². The summed E-state index contributed by atoms with van der Waals surface area (Å²) in [7, 11) is 0. The van der Waals surface area contributed by atoms with Gasteiger partial charge in [-0.15, -0.1) is 15.3 Å². The number of benzene rings is 1. The van der Waals surface area contributed by atoms with Crippen molar-refractivity contribution < 1.29 is 4.79 Å². The SMILES string of the molecule is CCc1nnc(NC(=O)c2nnn(-c3ccc(Br)cc3)c2C2CC2)s1. The minimum atomic E-state index is -0.288. The van der Waals surface area contributed by atoms with Gasteiger partial charge in [-0.3, -0.25) is 10.1 Å². The summed E-state index contributed by atoms with van der Waals surface area (Å²) in [6.07, 6.45) is 2.88. The van der Waals surface area contributed by atoms with Crippen LogP contribution in [0, 0.1) is 0 Å². The normalized spacial score (nSPS) is 13.8. The number of carbonyl (C=O) groups excluding carboxylic acids is 1. The van der Waals surface area contributed by atoms with E-state index in [1.807, 2.05) is 31.2 Å². The van der Waals surface area contributed by atoms with Gasteiger partial charge >= 0.3 is 0 Å². The summed E-state index contributed by atoms with van der Waals surface area (Å²) in [6, 6.07) is 7.79. The van der Waals surface area contributed by atoms with Crippen molar-refractivity contribution in [2.45, 2.75) is 32.1 Å². The van der Waals surface area contributed by atoms with Gasteiger partial charge in [-0.05, 0) is 43.5 Å². The van der Waals surface area contributed by atoms with Crippen molar-refractivity contribution in [2.75, 3.05) is 5.32 Å². The molecule has 0 atom stereocenters. The van der Waals surface area contributed by atoms with E-state index in [1.54, 1.807) is 4.68 Å². The molecule has 1 fully saturated rings. The van der Waals surface area contributed by atoms with Crippen molar-refractivity contribution in [3.05, 3.63) is 45.1 Å². The van der Waals surface area contributed by atoms with Gasteiger partial charge in [0.15, 0.2) is 5.69 Å². The van der Waals surface area contributed by atoms with Gasteiger partial charge in [0.1, 0.15) is 5.01 Å². The van der Waals surface area contributed by atoms with Crippen molar-refractivity contribution in [2.24, 2.45) is 0 Å². The molecule has 1 saturated carbocycles. The van der Waals surface area contributed by atoms with Crippen LogP contribution in [0.4, 0.5) is 5.13 Å². The molecule has 1 amide bonds. The lowest BCUT2D eigenvalue weighted by atomic mass is 10.2. The predicted molar refractivity (Wildman–Crippen MR) is 98.3 cm³/mol. The molecule has 1 N–H and O–H groups in total. The Kier molecular flexibility index (Phi) is 4.34. The molecular weight excluding hydrogens is 404 g/mol. The highest BCUT2D eigenvalue weighted by Crippen LogP contribution is 2.42. The zero-order valence-corrected chi connectivity index (χ0v) is 15.8. The average molecular weight is 419 g/mol. The standard InChI is InChI=1S/C16H15BrN6OS/c1-2-12-19-21-16(25-12)18-15(24)13-14(9-3-4-9)23(22-20-13)11-7-5-10(17)6-8-11/h5-9H,2-4H2,1H3,(H,18,21,24). The summed E-state index contributed by atoms with van der Waals surface area (Å²) >= 11 is 4.81. The fourth-order valence-corrected chi connectivity index (χ4v) is 3.49. The number of aromatic nitrogens is 5. The lowest BCUT2D eigenvalue weighted by Crippen LogP contribution is -2.15. The van der Waals surface area contributed by atoms with Crippen LogP contribution in [0.5, 0.6) is 0 Å². The van der Waals surface area contributed by atoms with E-state index in [0.717, 1.165) is 40.1 Å². The average Bonchev–Trinajstić information content (AvgIpc) is 3.19. The van der Waals surface area contributed by atoms with E-state index in [1.165, 1.54) is 11.3 Å². The molecule has 3 aromatic rings. The van der Waals surface area contributed by atoms with Crippen molar-refractivity contribution in [1.82, 2.24) is 25.2 Å². The van der Waals surface area contributed by atoms with Gasteiger partial charge in [-0.2, -0.15) is 0 Å². The van der Waals surface area contributed by atoms with E-state index >= 15 is 0 Å². The fraction of sp³-hybridized carbons (Fsp3) is 0.312. The Morgan fingerprint density at radius 1 is 1.28 bits per heavy atom. The minimum Gasteiger partial charge on any atom is -0.295 e. The molecule has 0 radical (unpaired) electrons. The first-order valence-electron chi connectivity index (χ1n) is 8.01. The highest BCUT2D eigenvalue weighted by atomic mass is 79.9. The van der Waals surface area contributed by atoms with Gasteiger partial charge in [0.05, 0.1) is 11.4 Å². The van der Waals surface area contributed by atoms with Crippen LogP contribution in [0.2, 0.25) is 0 Å². The molecule has 2 aromatic heterocycles. The fourth-order valence-electron chi connectivity index (χ4n) is 2.55. The van der Waals surface area contributed by atoms with E-state index in [9.17, 15) is 4.79 Å². The van der Waals surface area contributed by atoms with Gasteiger partial charge in [0.25, 0.3) is 5.91 Å². The maximum Gasteiger partial charge on any atom is 0.279 e. The highest BCUT2D eigenvalue weighted by Gasteiger charge is 2.34. The summed E-state index contributed by atoms with van der Waals surface area (Å²) in [4.78, 5) is 12.7. The Labute approximate surface area is 156 Å². The molecule has 0 saturated heterocycles. The van der Waals surface area contributed by atoms with E-state index in [2.05, 4.69) is 41.8 Å². The topological polar surface area (TPSA) is 85.6 Å². The second-order valence-electron chi connectivity index (χ2n) is 5.79.